The van der Waals surface area contributed by atoms with E-state index in [1.54, 1.807) is 48.5 Å². The molecule has 0 saturated heterocycles. The number of hydrogen-bond acceptors (Lipinski definition) is 4. The van der Waals surface area contributed by atoms with Crippen LogP contribution in [0.1, 0.15) is 38.0 Å². The lowest BCUT2D eigenvalue weighted by Crippen LogP contribution is -2.29. The molecular weight excluding hydrogens is 404 g/mol. The van der Waals surface area contributed by atoms with Gasteiger partial charge in [0.1, 0.15) is 5.75 Å². The zero-order chi connectivity index (χ0) is 21.3. The number of hydrogen-bond donors (Lipinski definition) is 1. The van der Waals surface area contributed by atoms with Gasteiger partial charge in [0.15, 0.2) is 0 Å². The van der Waals surface area contributed by atoms with Gasteiger partial charge in [0, 0.05) is 16.3 Å². The Bertz CT molecular complexity index is 1160. The molecule has 0 radical (unpaired) electrons. The molecule has 0 saturated carbocycles. The van der Waals surface area contributed by atoms with Crippen molar-refractivity contribution in [1.29, 1.82) is 0 Å². The number of halogens is 1. The van der Waals surface area contributed by atoms with E-state index in [2.05, 4.69) is 5.32 Å². The maximum atomic E-state index is 12.9. The Balaban J connectivity index is 1.59. The second kappa shape index (κ2) is 8.00. The molecular formula is C23H17ClN2O4. The van der Waals surface area contributed by atoms with Crippen LogP contribution in [0.25, 0.3) is 0 Å². The van der Waals surface area contributed by atoms with Crippen LogP contribution < -0.4 is 15.0 Å². The largest absolute Gasteiger partial charge is 0.494 e. The molecule has 4 rings (SSSR count). The summed E-state index contributed by atoms with van der Waals surface area (Å²) in [6.07, 6.45) is 0. The number of imide groups is 1. The number of nitrogens with zero attached hydrogens (tertiary/aromatic N) is 1. The fourth-order valence-electron chi connectivity index (χ4n) is 3.24. The van der Waals surface area contributed by atoms with Gasteiger partial charge < -0.3 is 10.1 Å². The molecule has 3 aromatic rings. The summed E-state index contributed by atoms with van der Waals surface area (Å²) in [5.41, 5.74) is 1.69. The van der Waals surface area contributed by atoms with Crippen molar-refractivity contribution in [2.75, 3.05) is 16.8 Å². The molecule has 0 unspecified atom stereocenters. The quantitative estimate of drug-likeness (QED) is 0.602. The predicted octanol–water partition coefficient (Wildman–Crippen LogP) is 4.79. The Labute approximate surface area is 178 Å². The molecule has 0 aromatic heterocycles. The molecule has 1 aliphatic rings. The lowest BCUT2D eigenvalue weighted by atomic mass is 10.1. The molecule has 3 amide bonds. The van der Waals surface area contributed by atoms with E-state index in [1.807, 2.05) is 6.92 Å². The Hall–Kier alpha value is -3.64. The highest BCUT2D eigenvalue weighted by molar-refractivity contribution is 6.35. The van der Waals surface area contributed by atoms with E-state index in [0.717, 1.165) is 4.90 Å². The van der Waals surface area contributed by atoms with Crippen molar-refractivity contribution < 1.29 is 19.1 Å². The average molecular weight is 421 g/mol. The fraction of sp³-hybridized carbons (Fsp3) is 0.0870. The van der Waals surface area contributed by atoms with Crippen LogP contribution >= 0.6 is 11.6 Å². The second-order valence-corrected chi connectivity index (χ2v) is 7.03. The van der Waals surface area contributed by atoms with Crippen molar-refractivity contribution in [1.82, 2.24) is 0 Å². The van der Waals surface area contributed by atoms with E-state index in [0.29, 0.717) is 28.8 Å². The zero-order valence-corrected chi connectivity index (χ0v) is 16.8. The van der Waals surface area contributed by atoms with Crippen LogP contribution in [0.15, 0.2) is 66.7 Å². The van der Waals surface area contributed by atoms with Gasteiger partial charge in [-0.15, -0.1) is 0 Å². The molecule has 1 N–H and O–H groups in total. The smallest absolute Gasteiger partial charge is 0.266 e. The van der Waals surface area contributed by atoms with Gasteiger partial charge in [-0.1, -0.05) is 17.7 Å². The van der Waals surface area contributed by atoms with Crippen LogP contribution in [0.2, 0.25) is 5.02 Å². The highest BCUT2D eigenvalue weighted by Crippen LogP contribution is 2.30. The van der Waals surface area contributed by atoms with Crippen LogP contribution in [0.5, 0.6) is 5.75 Å². The highest BCUT2D eigenvalue weighted by Gasteiger charge is 2.37. The molecule has 0 atom stereocenters. The summed E-state index contributed by atoms with van der Waals surface area (Å²) in [5.74, 6) is -0.657. The maximum absolute atomic E-state index is 12.9. The minimum atomic E-state index is -0.475. The van der Waals surface area contributed by atoms with Crippen molar-refractivity contribution in [3.05, 3.63) is 88.4 Å². The van der Waals surface area contributed by atoms with Crippen molar-refractivity contribution in [2.45, 2.75) is 6.92 Å². The summed E-state index contributed by atoms with van der Waals surface area (Å²) < 4.78 is 5.40. The second-order valence-electron chi connectivity index (χ2n) is 6.60. The summed E-state index contributed by atoms with van der Waals surface area (Å²) in [4.78, 5) is 39.4. The van der Waals surface area contributed by atoms with Gasteiger partial charge in [-0.05, 0) is 67.6 Å². The predicted molar refractivity (Wildman–Crippen MR) is 115 cm³/mol. The monoisotopic (exact) mass is 420 g/mol. The minimum Gasteiger partial charge on any atom is -0.494 e. The molecule has 30 heavy (non-hydrogen) atoms. The van der Waals surface area contributed by atoms with Crippen LogP contribution in [-0.4, -0.2) is 24.3 Å². The molecule has 0 spiro atoms. The molecule has 1 aliphatic heterocycles. The van der Waals surface area contributed by atoms with Crippen molar-refractivity contribution in [3.8, 4) is 5.75 Å². The summed E-state index contributed by atoms with van der Waals surface area (Å²) in [5, 5.41) is 3.22. The number of amides is 3. The topological polar surface area (TPSA) is 75.7 Å². The van der Waals surface area contributed by atoms with E-state index in [9.17, 15) is 14.4 Å². The number of rotatable bonds is 5. The van der Waals surface area contributed by atoms with Crippen molar-refractivity contribution >= 4 is 40.7 Å². The number of benzene rings is 3. The molecule has 0 bridgehead atoms. The first-order chi connectivity index (χ1) is 14.5. The molecule has 0 fully saturated rings. The third kappa shape index (κ3) is 3.65. The number of carbonyl (C=O) groups is 3. The zero-order valence-electron chi connectivity index (χ0n) is 16.0. The van der Waals surface area contributed by atoms with Crippen LogP contribution in [0.4, 0.5) is 11.4 Å². The van der Waals surface area contributed by atoms with Gasteiger partial charge in [-0.2, -0.15) is 0 Å². The first-order valence-corrected chi connectivity index (χ1v) is 9.68. The molecule has 3 aromatic carbocycles. The maximum Gasteiger partial charge on any atom is 0.266 e. The third-order valence-corrected chi connectivity index (χ3v) is 4.87. The summed E-state index contributed by atoms with van der Waals surface area (Å²) in [7, 11) is 0. The Morgan fingerprint density at radius 2 is 1.70 bits per heavy atom. The lowest BCUT2D eigenvalue weighted by molar-refractivity contribution is 0.0925. The minimum absolute atomic E-state index is 0.188. The number of anilines is 2. The number of nitrogens with one attached hydrogen (secondary N) is 1. The summed E-state index contributed by atoms with van der Waals surface area (Å²) >= 11 is 5.94. The van der Waals surface area contributed by atoms with Crippen LogP contribution in [0, 0.1) is 0 Å². The lowest BCUT2D eigenvalue weighted by Gasteiger charge is -2.14. The van der Waals surface area contributed by atoms with Gasteiger partial charge in [0.2, 0.25) is 0 Å². The third-order valence-electron chi connectivity index (χ3n) is 4.64. The molecule has 150 valence electrons. The molecule has 7 heteroatoms. The molecule has 1 heterocycles. The van der Waals surface area contributed by atoms with E-state index in [-0.39, 0.29) is 16.7 Å². The van der Waals surface area contributed by atoms with Crippen LogP contribution in [0.3, 0.4) is 0 Å². The van der Waals surface area contributed by atoms with Gasteiger partial charge in [0.25, 0.3) is 17.7 Å². The number of fused-ring (bicyclic) bond motifs is 1. The number of carbonyl (C=O) groups excluding carboxylic acids is 3. The van der Waals surface area contributed by atoms with Gasteiger partial charge in [0.05, 0.1) is 23.4 Å². The average Bonchev–Trinajstić information content (AvgIpc) is 2.99. The van der Waals surface area contributed by atoms with Crippen LogP contribution in [-0.2, 0) is 0 Å². The van der Waals surface area contributed by atoms with E-state index in [1.165, 1.54) is 18.2 Å². The molecule has 0 aliphatic carbocycles. The normalized spacial score (nSPS) is 12.7. The SMILES string of the molecule is CCOc1ccc(N2C(=O)c3ccc(C(=O)Nc4cccc(Cl)c4)cc3C2=O)cc1. The summed E-state index contributed by atoms with van der Waals surface area (Å²) in [6, 6.07) is 17.9. The van der Waals surface area contributed by atoms with E-state index in [4.69, 9.17) is 16.3 Å². The highest BCUT2D eigenvalue weighted by atomic mass is 35.5. The molecule has 6 nitrogen and oxygen atoms in total. The van der Waals surface area contributed by atoms with E-state index >= 15 is 0 Å². The fourth-order valence-corrected chi connectivity index (χ4v) is 3.43. The van der Waals surface area contributed by atoms with Gasteiger partial charge in [-0.3, -0.25) is 14.4 Å². The van der Waals surface area contributed by atoms with Crippen molar-refractivity contribution in [3.63, 3.8) is 0 Å². The number of ether oxygens (including phenoxy) is 1. The van der Waals surface area contributed by atoms with Crippen molar-refractivity contribution in [2.24, 2.45) is 0 Å². The Kier molecular flexibility index (Phi) is 5.25. The standard InChI is InChI=1S/C23H17ClN2O4/c1-2-30-18-9-7-17(8-10-18)26-22(28)19-11-6-14(12-20(19)23(26)29)21(27)25-16-5-3-4-15(24)13-16/h3-13H,2H2,1H3,(H,25,27). The van der Waals surface area contributed by atoms with Gasteiger partial charge in [-0.25, -0.2) is 4.90 Å². The summed E-state index contributed by atoms with van der Waals surface area (Å²) in [6.45, 7) is 2.39. The first-order valence-electron chi connectivity index (χ1n) is 9.30. The first kappa shape index (κ1) is 19.7. The Morgan fingerprint density at radius 3 is 2.40 bits per heavy atom. The Morgan fingerprint density at radius 1 is 0.967 bits per heavy atom. The van der Waals surface area contributed by atoms with E-state index < -0.39 is 17.7 Å². The van der Waals surface area contributed by atoms with Gasteiger partial charge >= 0.3 is 0 Å².